The maximum absolute atomic E-state index is 12.6. The predicted molar refractivity (Wildman–Crippen MR) is 107 cm³/mol. The van der Waals surface area contributed by atoms with Crippen LogP contribution < -0.4 is 5.32 Å². The lowest BCUT2D eigenvalue weighted by Crippen LogP contribution is -2.29. The van der Waals surface area contributed by atoms with Gasteiger partial charge in [0.25, 0.3) is 5.91 Å². The number of aryl methyl sites for hydroxylation is 1. The molecule has 1 aromatic heterocycles. The van der Waals surface area contributed by atoms with E-state index in [2.05, 4.69) is 22.9 Å². The maximum Gasteiger partial charge on any atom is 0.253 e. The van der Waals surface area contributed by atoms with Crippen molar-refractivity contribution in [2.75, 3.05) is 0 Å². The monoisotopic (exact) mass is 369 g/mol. The zero-order chi connectivity index (χ0) is 18.5. The Hall–Kier alpha value is -2.33. The number of carbonyl (C=O) groups is 1. The fourth-order valence-electron chi connectivity index (χ4n) is 3.16. The Kier molecular flexibility index (Phi) is 5.94. The topological polar surface area (TPSA) is 46.9 Å². The highest BCUT2D eigenvalue weighted by atomic mass is 35.5. The summed E-state index contributed by atoms with van der Waals surface area (Å²) in [6.07, 6.45) is 3.43. The van der Waals surface area contributed by atoms with Crippen LogP contribution in [0.1, 0.15) is 55.3 Å². The molecule has 0 aliphatic heterocycles. The largest absolute Gasteiger partial charge is 0.342 e. The molecule has 3 rings (SSSR count). The van der Waals surface area contributed by atoms with Crippen LogP contribution in [0.4, 0.5) is 0 Å². The van der Waals surface area contributed by atoms with Crippen molar-refractivity contribution in [1.82, 2.24) is 14.9 Å². The molecule has 1 N–H and O–H groups in total. The van der Waals surface area contributed by atoms with Crippen LogP contribution in [-0.2, 0) is 6.54 Å². The van der Waals surface area contributed by atoms with Crippen molar-refractivity contribution in [3.8, 4) is 0 Å². The molecule has 1 amide bonds. The van der Waals surface area contributed by atoms with Gasteiger partial charge in [-0.15, -0.1) is 0 Å². The Morgan fingerprint density at radius 2 is 1.88 bits per heavy atom. The average molecular weight is 370 g/mol. The van der Waals surface area contributed by atoms with Gasteiger partial charge in [0.2, 0.25) is 0 Å². The zero-order valence-electron chi connectivity index (χ0n) is 15.2. The van der Waals surface area contributed by atoms with Gasteiger partial charge in [-0.25, -0.2) is 4.98 Å². The number of benzene rings is 2. The Morgan fingerprint density at radius 1 is 1.15 bits per heavy atom. The summed E-state index contributed by atoms with van der Waals surface area (Å²) >= 11 is 6.15. The number of imidazole rings is 1. The first-order valence-corrected chi connectivity index (χ1v) is 9.50. The molecule has 1 unspecified atom stereocenters. The molecule has 0 saturated heterocycles. The highest BCUT2D eigenvalue weighted by molar-refractivity contribution is 6.33. The quantitative estimate of drug-likeness (QED) is 0.569. The van der Waals surface area contributed by atoms with Crippen LogP contribution >= 0.6 is 11.6 Å². The van der Waals surface area contributed by atoms with Gasteiger partial charge in [-0.05, 0) is 37.6 Å². The van der Waals surface area contributed by atoms with E-state index in [1.807, 2.05) is 37.3 Å². The molecule has 0 aliphatic carbocycles. The summed E-state index contributed by atoms with van der Waals surface area (Å²) in [5.74, 6) is 0.693. The van der Waals surface area contributed by atoms with Gasteiger partial charge in [-0.3, -0.25) is 4.79 Å². The predicted octanol–water partition coefficient (Wildman–Crippen LogP) is 5.37. The van der Waals surface area contributed by atoms with E-state index in [1.165, 1.54) is 12.8 Å². The highest BCUT2D eigenvalue weighted by Crippen LogP contribution is 2.23. The van der Waals surface area contributed by atoms with Crippen LogP contribution in [0.3, 0.4) is 0 Å². The van der Waals surface area contributed by atoms with Gasteiger partial charge in [0, 0.05) is 6.54 Å². The number of nitrogens with zero attached hydrogens (tertiary/aromatic N) is 2. The maximum atomic E-state index is 12.6. The number of hydrogen-bond donors (Lipinski definition) is 1. The number of amides is 1. The molecule has 0 bridgehead atoms. The Morgan fingerprint density at radius 3 is 2.65 bits per heavy atom. The lowest BCUT2D eigenvalue weighted by atomic mass is 10.2. The van der Waals surface area contributed by atoms with Crippen molar-refractivity contribution < 1.29 is 4.79 Å². The third-order valence-corrected chi connectivity index (χ3v) is 4.85. The Balaban J connectivity index is 1.87. The molecular weight excluding hydrogens is 346 g/mol. The number of rotatable bonds is 7. The van der Waals surface area contributed by atoms with Crippen LogP contribution in [0, 0.1) is 0 Å². The summed E-state index contributed by atoms with van der Waals surface area (Å²) in [6.45, 7) is 5.06. The third kappa shape index (κ3) is 3.91. The average Bonchev–Trinajstić information content (AvgIpc) is 3.01. The minimum Gasteiger partial charge on any atom is -0.342 e. The van der Waals surface area contributed by atoms with Crippen molar-refractivity contribution in [2.24, 2.45) is 0 Å². The van der Waals surface area contributed by atoms with Crippen molar-refractivity contribution in [2.45, 2.75) is 45.7 Å². The van der Waals surface area contributed by atoms with Crippen molar-refractivity contribution in [1.29, 1.82) is 0 Å². The first-order valence-electron chi connectivity index (χ1n) is 9.12. The Labute approximate surface area is 159 Å². The number of aromatic nitrogens is 2. The molecule has 1 heterocycles. The third-order valence-electron chi connectivity index (χ3n) is 4.52. The number of fused-ring (bicyclic) bond motifs is 1. The molecule has 1 atom stereocenters. The minimum absolute atomic E-state index is 0.185. The molecule has 5 heteroatoms. The molecule has 136 valence electrons. The van der Waals surface area contributed by atoms with Gasteiger partial charge in [0.1, 0.15) is 5.82 Å². The molecule has 3 aromatic rings. The Bertz CT molecular complexity index is 903. The zero-order valence-corrected chi connectivity index (χ0v) is 16.0. The van der Waals surface area contributed by atoms with Gasteiger partial charge in [0.15, 0.2) is 0 Å². The smallest absolute Gasteiger partial charge is 0.253 e. The van der Waals surface area contributed by atoms with E-state index in [4.69, 9.17) is 16.6 Å². The van der Waals surface area contributed by atoms with E-state index in [-0.39, 0.29) is 11.9 Å². The molecule has 0 saturated carbocycles. The minimum atomic E-state index is -0.215. The van der Waals surface area contributed by atoms with E-state index in [0.29, 0.717) is 10.6 Å². The van der Waals surface area contributed by atoms with Crippen molar-refractivity contribution in [3.05, 3.63) is 64.9 Å². The molecular formula is C21H24ClN3O. The van der Waals surface area contributed by atoms with E-state index in [0.717, 1.165) is 29.8 Å². The van der Waals surface area contributed by atoms with E-state index in [1.54, 1.807) is 12.1 Å². The SMILES string of the molecule is CCCCCn1c(C(C)NC(=O)c2ccccc2Cl)nc2ccccc21. The standard InChI is InChI=1S/C21H24ClN3O/c1-3-4-9-14-25-19-13-8-7-12-18(19)24-20(25)15(2)23-21(26)16-10-5-6-11-17(16)22/h5-8,10-13,15H,3-4,9,14H2,1-2H3,(H,23,26). The second kappa shape index (κ2) is 8.37. The van der Waals surface area contributed by atoms with Crippen LogP contribution in [0.2, 0.25) is 5.02 Å². The molecule has 0 radical (unpaired) electrons. The van der Waals surface area contributed by atoms with Crippen LogP contribution in [0.25, 0.3) is 11.0 Å². The molecule has 0 fully saturated rings. The number of halogens is 1. The fraction of sp³-hybridized carbons (Fsp3) is 0.333. The van der Waals surface area contributed by atoms with Crippen LogP contribution in [-0.4, -0.2) is 15.5 Å². The first kappa shape index (κ1) is 18.5. The van der Waals surface area contributed by atoms with Gasteiger partial charge in [0.05, 0.1) is 27.7 Å². The van der Waals surface area contributed by atoms with Gasteiger partial charge in [-0.2, -0.15) is 0 Å². The van der Waals surface area contributed by atoms with Crippen molar-refractivity contribution in [3.63, 3.8) is 0 Å². The van der Waals surface area contributed by atoms with Gasteiger partial charge in [-0.1, -0.05) is 55.6 Å². The summed E-state index contributed by atoms with van der Waals surface area (Å²) in [7, 11) is 0. The molecule has 26 heavy (non-hydrogen) atoms. The van der Waals surface area contributed by atoms with Crippen LogP contribution in [0.15, 0.2) is 48.5 Å². The number of para-hydroxylation sites is 2. The molecule has 4 nitrogen and oxygen atoms in total. The first-order chi connectivity index (χ1) is 12.6. The second-order valence-electron chi connectivity index (χ2n) is 6.49. The number of hydrogen-bond acceptors (Lipinski definition) is 2. The van der Waals surface area contributed by atoms with Crippen LogP contribution in [0.5, 0.6) is 0 Å². The molecule has 0 spiro atoms. The van der Waals surface area contributed by atoms with E-state index >= 15 is 0 Å². The molecule has 2 aromatic carbocycles. The number of nitrogens with one attached hydrogen (secondary N) is 1. The van der Waals surface area contributed by atoms with Gasteiger partial charge < -0.3 is 9.88 Å². The summed E-state index contributed by atoms with van der Waals surface area (Å²) in [5, 5.41) is 3.49. The van der Waals surface area contributed by atoms with Crippen molar-refractivity contribution >= 4 is 28.5 Å². The van der Waals surface area contributed by atoms with E-state index < -0.39 is 0 Å². The normalized spacial score (nSPS) is 12.3. The summed E-state index contributed by atoms with van der Waals surface area (Å²) in [5.41, 5.74) is 2.55. The van der Waals surface area contributed by atoms with E-state index in [9.17, 15) is 4.79 Å². The summed E-state index contributed by atoms with van der Waals surface area (Å²) in [4.78, 5) is 17.4. The molecule has 0 aliphatic rings. The summed E-state index contributed by atoms with van der Waals surface area (Å²) < 4.78 is 2.22. The fourth-order valence-corrected chi connectivity index (χ4v) is 3.39. The number of carbonyl (C=O) groups excluding carboxylic acids is 1. The highest BCUT2D eigenvalue weighted by Gasteiger charge is 2.19. The second-order valence-corrected chi connectivity index (χ2v) is 6.90. The number of unbranched alkanes of at least 4 members (excludes halogenated alkanes) is 2. The van der Waals surface area contributed by atoms with Gasteiger partial charge >= 0.3 is 0 Å². The summed E-state index contributed by atoms with van der Waals surface area (Å²) in [6, 6.07) is 15.0. The lowest BCUT2D eigenvalue weighted by Gasteiger charge is -2.17. The lowest BCUT2D eigenvalue weighted by molar-refractivity contribution is 0.0938.